The van der Waals surface area contributed by atoms with Crippen LogP contribution in [0.3, 0.4) is 0 Å². The van der Waals surface area contributed by atoms with Gasteiger partial charge in [0.2, 0.25) is 0 Å². The Morgan fingerprint density at radius 2 is 1.74 bits per heavy atom. The lowest BCUT2D eigenvalue weighted by Gasteiger charge is -2.21. The highest BCUT2D eigenvalue weighted by molar-refractivity contribution is 6.32. The first-order valence-electron chi connectivity index (χ1n) is 8.50. The SMILES string of the molecule is O=c1nc(N2CCCC2)c2ccc(C(F)(F)F)cc2n1-c1ccccc1Cl. The van der Waals surface area contributed by atoms with Crippen molar-refractivity contribution >= 4 is 28.3 Å². The van der Waals surface area contributed by atoms with Gasteiger partial charge in [-0.25, -0.2) is 4.79 Å². The molecule has 2 aromatic carbocycles. The lowest BCUT2D eigenvalue weighted by Crippen LogP contribution is -2.28. The first kappa shape index (κ1) is 17.9. The Kier molecular flexibility index (Phi) is 4.34. The fraction of sp³-hybridized carbons (Fsp3) is 0.263. The number of hydrogen-bond donors (Lipinski definition) is 0. The molecule has 4 rings (SSSR count). The molecule has 0 aliphatic carbocycles. The van der Waals surface area contributed by atoms with Crippen LogP contribution in [0.15, 0.2) is 47.3 Å². The van der Waals surface area contributed by atoms with E-state index >= 15 is 0 Å². The Hall–Kier alpha value is -2.54. The van der Waals surface area contributed by atoms with E-state index in [0.717, 1.165) is 42.6 Å². The van der Waals surface area contributed by atoms with Crippen molar-refractivity contribution in [2.75, 3.05) is 18.0 Å². The smallest absolute Gasteiger partial charge is 0.356 e. The average molecular weight is 394 g/mol. The lowest BCUT2D eigenvalue weighted by atomic mass is 10.1. The van der Waals surface area contributed by atoms with E-state index in [2.05, 4.69) is 4.98 Å². The lowest BCUT2D eigenvalue weighted by molar-refractivity contribution is -0.137. The van der Waals surface area contributed by atoms with Gasteiger partial charge in [-0.3, -0.25) is 4.57 Å². The van der Waals surface area contributed by atoms with Crippen LogP contribution in [0.1, 0.15) is 18.4 Å². The Morgan fingerprint density at radius 3 is 2.41 bits per heavy atom. The summed E-state index contributed by atoms with van der Waals surface area (Å²) < 4.78 is 41.0. The number of aromatic nitrogens is 2. The number of fused-ring (bicyclic) bond motifs is 1. The third kappa shape index (κ3) is 3.16. The van der Waals surface area contributed by atoms with Crippen molar-refractivity contribution in [2.45, 2.75) is 19.0 Å². The van der Waals surface area contributed by atoms with E-state index in [1.54, 1.807) is 24.3 Å². The van der Waals surface area contributed by atoms with Crippen LogP contribution in [0.2, 0.25) is 5.02 Å². The number of anilines is 1. The van der Waals surface area contributed by atoms with Crippen LogP contribution in [0, 0.1) is 0 Å². The maximum atomic E-state index is 13.3. The van der Waals surface area contributed by atoms with Crippen molar-refractivity contribution < 1.29 is 13.2 Å². The first-order valence-corrected chi connectivity index (χ1v) is 8.88. The van der Waals surface area contributed by atoms with E-state index in [1.807, 2.05) is 4.90 Å². The van der Waals surface area contributed by atoms with Gasteiger partial charge in [-0.1, -0.05) is 23.7 Å². The molecule has 8 heteroatoms. The van der Waals surface area contributed by atoms with E-state index in [9.17, 15) is 18.0 Å². The van der Waals surface area contributed by atoms with Crippen molar-refractivity contribution in [1.29, 1.82) is 0 Å². The summed E-state index contributed by atoms with van der Waals surface area (Å²) in [6.07, 6.45) is -2.61. The summed E-state index contributed by atoms with van der Waals surface area (Å²) in [5.74, 6) is 0.421. The molecule has 4 nitrogen and oxygen atoms in total. The molecule has 0 N–H and O–H groups in total. The second-order valence-electron chi connectivity index (χ2n) is 6.43. The van der Waals surface area contributed by atoms with Crippen LogP contribution in [0.5, 0.6) is 0 Å². The highest BCUT2D eigenvalue weighted by atomic mass is 35.5. The predicted octanol–water partition coefficient (Wildman–Crippen LogP) is 4.66. The van der Waals surface area contributed by atoms with E-state index in [4.69, 9.17) is 11.6 Å². The zero-order chi connectivity index (χ0) is 19.2. The third-order valence-corrected chi connectivity index (χ3v) is 5.02. The van der Waals surface area contributed by atoms with Crippen molar-refractivity contribution in [2.24, 2.45) is 0 Å². The fourth-order valence-corrected chi connectivity index (χ4v) is 3.64. The Morgan fingerprint density at radius 1 is 1.04 bits per heavy atom. The summed E-state index contributed by atoms with van der Waals surface area (Å²) in [5.41, 5.74) is -1.04. The molecule has 0 spiro atoms. The van der Waals surface area contributed by atoms with E-state index < -0.39 is 17.4 Å². The number of hydrogen-bond acceptors (Lipinski definition) is 3. The topological polar surface area (TPSA) is 38.1 Å². The third-order valence-electron chi connectivity index (χ3n) is 4.70. The number of para-hydroxylation sites is 1. The summed E-state index contributed by atoms with van der Waals surface area (Å²) in [6, 6.07) is 9.91. The molecular formula is C19H15ClF3N3O. The van der Waals surface area contributed by atoms with Gasteiger partial charge in [0.05, 0.1) is 21.8 Å². The van der Waals surface area contributed by atoms with Gasteiger partial charge in [0.15, 0.2) is 0 Å². The second-order valence-corrected chi connectivity index (χ2v) is 6.84. The summed E-state index contributed by atoms with van der Waals surface area (Å²) in [7, 11) is 0. The molecule has 0 unspecified atom stereocenters. The van der Waals surface area contributed by atoms with Gasteiger partial charge in [0, 0.05) is 18.5 Å². The molecule has 1 fully saturated rings. The van der Waals surface area contributed by atoms with Crippen LogP contribution in [0.4, 0.5) is 19.0 Å². The molecule has 0 radical (unpaired) electrons. The fourth-order valence-electron chi connectivity index (χ4n) is 3.42. The molecule has 3 aromatic rings. The van der Waals surface area contributed by atoms with Gasteiger partial charge in [-0.05, 0) is 43.2 Å². The van der Waals surface area contributed by atoms with E-state index in [1.165, 1.54) is 6.07 Å². The number of nitrogens with zero attached hydrogens (tertiary/aromatic N) is 3. The maximum absolute atomic E-state index is 13.3. The number of halogens is 4. The Balaban J connectivity index is 2.07. The minimum absolute atomic E-state index is 0.139. The standard InChI is InChI=1S/C19H15ClF3N3O/c20-14-5-1-2-6-15(14)26-16-11-12(19(21,22)23)7-8-13(16)17(24-18(26)27)25-9-3-4-10-25/h1-2,5-8,11H,3-4,9-10H2. The van der Waals surface area contributed by atoms with Crippen LogP contribution >= 0.6 is 11.6 Å². The van der Waals surface area contributed by atoms with Crippen molar-refractivity contribution in [3.8, 4) is 5.69 Å². The molecular weight excluding hydrogens is 379 g/mol. The summed E-state index contributed by atoms with van der Waals surface area (Å²) >= 11 is 6.21. The van der Waals surface area contributed by atoms with E-state index in [-0.39, 0.29) is 10.5 Å². The molecule has 1 saturated heterocycles. The average Bonchev–Trinajstić information content (AvgIpc) is 3.15. The molecule has 0 saturated carbocycles. The number of rotatable bonds is 2. The van der Waals surface area contributed by atoms with Crippen molar-refractivity contribution in [3.63, 3.8) is 0 Å². The zero-order valence-electron chi connectivity index (χ0n) is 14.1. The summed E-state index contributed by atoms with van der Waals surface area (Å²) in [4.78, 5) is 18.9. The van der Waals surface area contributed by atoms with Crippen LogP contribution in [-0.2, 0) is 6.18 Å². The molecule has 0 amide bonds. The van der Waals surface area contributed by atoms with Crippen molar-refractivity contribution in [1.82, 2.24) is 9.55 Å². The largest absolute Gasteiger partial charge is 0.416 e. The van der Waals surface area contributed by atoms with Gasteiger partial charge < -0.3 is 4.90 Å². The molecule has 140 valence electrons. The first-order chi connectivity index (χ1) is 12.9. The van der Waals surface area contributed by atoms with Gasteiger partial charge in [0.25, 0.3) is 0 Å². The molecule has 2 heterocycles. The minimum atomic E-state index is -4.52. The quantitative estimate of drug-likeness (QED) is 0.635. The Labute approximate surface area is 157 Å². The second kappa shape index (κ2) is 6.56. The number of alkyl halides is 3. The zero-order valence-corrected chi connectivity index (χ0v) is 14.9. The molecule has 1 aliphatic heterocycles. The normalized spacial score (nSPS) is 14.9. The van der Waals surface area contributed by atoms with Gasteiger partial charge in [0.1, 0.15) is 5.82 Å². The monoisotopic (exact) mass is 393 g/mol. The van der Waals surface area contributed by atoms with Crippen molar-refractivity contribution in [3.05, 3.63) is 63.5 Å². The maximum Gasteiger partial charge on any atom is 0.416 e. The van der Waals surface area contributed by atoms with Gasteiger partial charge in [-0.15, -0.1) is 0 Å². The Bertz CT molecular complexity index is 1070. The van der Waals surface area contributed by atoms with Gasteiger partial charge >= 0.3 is 11.9 Å². The van der Waals surface area contributed by atoms with Crippen LogP contribution in [-0.4, -0.2) is 22.6 Å². The highest BCUT2D eigenvalue weighted by Crippen LogP contribution is 2.35. The molecule has 1 aliphatic rings. The van der Waals surface area contributed by atoms with Crippen LogP contribution in [0.25, 0.3) is 16.6 Å². The summed E-state index contributed by atoms with van der Waals surface area (Å²) in [5, 5.41) is 0.749. The predicted molar refractivity (Wildman–Crippen MR) is 98.8 cm³/mol. The minimum Gasteiger partial charge on any atom is -0.356 e. The highest BCUT2D eigenvalue weighted by Gasteiger charge is 2.31. The van der Waals surface area contributed by atoms with Crippen LogP contribution < -0.4 is 10.6 Å². The molecule has 0 bridgehead atoms. The number of benzene rings is 2. The molecule has 27 heavy (non-hydrogen) atoms. The summed E-state index contributed by atoms with van der Waals surface area (Å²) in [6.45, 7) is 1.44. The molecule has 0 atom stereocenters. The molecule has 1 aromatic heterocycles. The van der Waals surface area contributed by atoms with E-state index in [0.29, 0.717) is 16.9 Å². The van der Waals surface area contributed by atoms with Gasteiger partial charge in [-0.2, -0.15) is 18.2 Å².